The minimum absolute atomic E-state index is 0.0122. The topological polar surface area (TPSA) is 60.9 Å². The summed E-state index contributed by atoms with van der Waals surface area (Å²) in [5.74, 6) is 0.0669. The molecular formula is C19H28FN3O3S. The lowest BCUT2D eigenvalue weighted by atomic mass is 10.2. The number of rotatable bonds is 6. The molecule has 1 amide bonds. The van der Waals surface area contributed by atoms with E-state index in [4.69, 9.17) is 0 Å². The van der Waals surface area contributed by atoms with Gasteiger partial charge in [-0.1, -0.05) is 12.1 Å². The van der Waals surface area contributed by atoms with Crippen molar-refractivity contribution in [1.82, 2.24) is 14.7 Å². The Kier molecular flexibility index (Phi) is 6.49. The van der Waals surface area contributed by atoms with E-state index in [1.54, 1.807) is 17.0 Å². The Balaban J connectivity index is 1.47. The number of piperazine rings is 1. The summed E-state index contributed by atoms with van der Waals surface area (Å²) in [6.07, 6.45) is 0.545. The molecule has 8 heteroatoms. The highest BCUT2D eigenvalue weighted by Crippen LogP contribution is 2.18. The van der Waals surface area contributed by atoms with E-state index in [9.17, 15) is 17.6 Å². The van der Waals surface area contributed by atoms with Crippen LogP contribution in [-0.2, 0) is 21.2 Å². The summed E-state index contributed by atoms with van der Waals surface area (Å²) in [5, 5.41) is 0. The zero-order valence-corrected chi connectivity index (χ0v) is 16.6. The van der Waals surface area contributed by atoms with Crippen LogP contribution >= 0.6 is 0 Å². The van der Waals surface area contributed by atoms with Crippen LogP contribution in [0.3, 0.4) is 0 Å². The Labute approximate surface area is 160 Å². The third-order valence-corrected chi connectivity index (χ3v) is 7.18. The molecule has 2 fully saturated rings. The Morgan fingerprint density at radius 3 is 2.52 bits per heavy atom. The van der Waals surface area contributed by atoms with Crippen molar-refractivity contribution < 1.29 is 17.6 Å². The third kappa shape index (κ3) is 5.49. The van der Waals surface area contributed by atoms with Crippen LogP contribution < -0.4 is 0 Å². The highest BCUT2D eigenvalue weighted by molar-refractivity contribution is 7.91. The number of nitrogens with zero attached hydrogens (tertiary/aromatic N) is 3. The van der Waals surface area contributed by atoms with Crippen molar-refractivity contribution in [3.63, 3.8) is 0 Å². The predicted molar refractivity (Wildman–Crippen MR) is 103 cm³/mol. The van der Waals surface area contributed by atoms with Gasteiger partial charge < -0.3 is 4.90 Å². The first kappa shape index (κ1) is 20.2. The van der Waals surface area contributed by atoms with E-state index in [1.165, 1.54) is 6.07 Å². The van der Waals surface area contributed by atoms with Gasteiger partial charge in [-0.05, 0) is 31.0 Å². The molecule has 27 heavy (non-hydrogen) atoms. The Bertz CT molecular complexity index is 763. The van der Waals surface area contributed by atoms with Crippen molar-refractivity contribution in [3.05, 3.63) is 35.6 Å². The first-order valence-electron chi connectivity index (χ1n) is 9.55. The minimum atomic E-state index is -3.00. The molecule has 0 bridgehead atoms. The molecule has 2 heterocycles. The SMILES string of the molecule is CCN(C(=O)CN1CCN(Cc2cccc(F)c2)CC1)C1CCS(=O)(=O)C1. The molecule has 2 aliphatic heterocycles. The first-order chi connectivity index (χ1) is 12.9. The van der Waals surface area contributed by atoms with Crippen molar-refractivity contribution >= 4 is 15.7 Å². The maximum atomic E-state index is 13.3. The van der Waals surface area contributed by atoms with Gasteiger partial charge in [0.1, 0.15) is 5.82 Å². The molecule has 2 aliphatic rings. The number of benzene rings is 1. The van der Waals surface area contributed by atoms with Gasteiger partial charge in [0.15, 0.2) is 9.84 Å². The zero-order chi connectivity index (χ0) is 19.4. The number of amides is 1. The average molecular weight is 398 g/mol. The van der Waals surface area contributed by atoms with Crippen LogP contribution in [0.1, 0.15) is 18.9 Å². The molecule has 0 aliphatic carbocycles. The first-order valence-corrected chi connectivity index (χ1v) is 11.4. The van der Waals surface area contributed by atoms with Crippen molar-refractivity contribution in [2.75, 3.05) is 50.8 Å². The molecular weight excluding hydrogens is 369 g/mol. The van der Waals surface area contributed by atoms with Gasteiger partial charge in [0.05, 0.1) is 18.1 Å². The largest absolute Gasteiger partial charge is 0.338 e. The standard InChI is InChI=1S/C19H28FN3O3S/c1-2-23(18-6-11-27(25,26)15-18)19(24)14-22-9-7-21(8-10-22)13-16-4-3-5-17(20)12-16/h3-5,12,18H,2,6-11,13-15H2,1H3. The summed E-state index contributed by atoms with van der Waals surface area (Å²) in [6, 6.07) is 6.48. The van der Waals surface area contributed by atoms with E-state index in [2.05, 4.69) is 9.80 Å². The average Bonchev–Trinajstić information content (AvgIpc) is 2.97. The molecule has 0 aromatic heterocycles. The maximum Gasteiger partial charge on any atom is 0.237 e. The van der Waals surface area contributed by atoms with Crippen LogP contribution in [-0.4, -0.2) is 85.8 Å². The van der Waals surface area contributed by atoms with E-state index in [0.717, 1.165) is 31.7 Å². The molecule has 2 saturated heterocycles. The van der Waals surface area contributed by atoms with E-state index < -0.39 is 9.84 Å². The lowest BCUT2D eigenvalue weighted by Crippen LogP contribution is -2.51. The summed E-state index contributed by atoms with van der Waals surface area (Å²) in [4.78, 5) is 18.8. The Hall–Kier alpha value is -1.51. The van der Waals surface area contributed by atoms with Crippen LogP contribution in [0.15, 0.2) is 24.3 Å². The number of hydrogen-bond acceptors (Lipinski definition) is 5. The summed E-state index contributed by atoms with van der Waals surface area (Å²) < 4.78 is 36.7. The molecule has 1 atom stereocenters. The van der Waals surface area contributed by atoms with Gasteiger partial charge in [-0.25, -0.2) is 12.8 Å². The highest BCUT2D eigenvalue weighted by Gasteiger charge is 2.34. The number of sulfone groups is 1. The molecule has 0 radical (unpaired) electrons. The fourth-order valence-electron chi connectivity index (χ4n) is 3.94. The number of hydrogen-bond donors (Lipinski definition) is 0. The lowest BCUT2D eigenvalue weighted by molar-refractivity contribution is -0.134. The fraction of sp³-hybridized carbons (Fsp3) is 0.632. The van der Waals surface area contributed by atoms with E-state index in [0.29, 0.717) is 26.1 Å². The highest BCUT2D eigenvalue weighted by atomic mass is 32.2. The van der Waals surface area contributed by atoms with Gasteiger partial charge in [-0.3, -0.25) is 14.6 Å². The molecule has 150 valence electrons. The van der Waals surface area contributed by atoms with Crippen LogP contribution in [0.2, 0.25) is 0 Å². The number of halogens is 1. The lowest BCUT2D eigenvalue weighted by Gasteiger charge is -2.36. The quantitative estimate of drug-likeness (QED) is 0.716. The van der Waals surface area contributed by atoms with Gasteiger partial charge in [-0.15, -0.1) is 0 Å². The van der Waals surface area contributed by atoms with Gasteiger partial charge in [0, 0.05) is 45.3 Å². The van der Waals surface area contributed by atoms with E-state index >= 15 is 0 Å². The minimum Gasteiger partial charge on any atom is -0.338 e. The molecule has 6 nitrogen and oxygen atoms in total. The predicted octanol–water partition coefficient (Wildman–Crippen LogP) is 0.979. The van der Waals surface area contributed by atoms with Crippen molar-refractivity contribution in [2.45, 2.75) is 25.9 Å². The van der Waals surface area contributed by atoms with Crippen molar-refractivity contribution in [2.24, 2.45) is 0 Å². The third-order valence-electron chi connectivity index (χ3n) is 5.43. The molecule has 0 spiro atoms. The van der Waals surface area contributed by atoms with Crippen LogP contribution in [0, 0.1) is 5.82 Å². The summed E-state index contributed by atoms with van der Waals surface area (Å²) >= 11 is 0. The smallest absolute Gasteiger partial charge is 0.237 e. The van der Waals surface area contributed by atoms with Gasteiger partial charge in [-0.2, -0.15) is 0 Å². The Morgan fingerprint density at radius 2 is 1.93 bits per heavy atom. The fourth-order valence-corrected chi connectivity index (χ4v) is 5.67. The van der Waals surface area contributed by atoms with E-state index in [1.807, 2.05) is 13.0 Å². The second-order valence-corrected chi connectivity index (χ2v) is 9.65. The maximum absolute atomic E-state index is 13.3. The van der Waals surface area contributed by atoms with Crippen molar-refractivity contribution in [3.8, 4) is 0 Å². The molecule has 3 rings (SSSR count). The summed E-state index contributed by atoms with van der Waals surface area (Å²) in [7, 11) is -3.00. The Morgan fingerprint density at radius 1 is 1.22 bits per heavy atom. The molecule has 1 unspecified atom stereocenters. The van der Waals surface area contributed by atoms with Gasteiger partial charge in [0.25, 0.3) is 0 Å². The van der Waals surface area contributed by atoms with Gasteiger partial charge in [0.2, 0.25) is 5.91 Å². The molecule has 0 N–H and O–H groups in total. The van der Waals surface area contributed by atoms with Crippen LogP contribution in [0.4, 0.5) is 4.39 Å². The van der Waals surface area contributed by atoms with Crippen LogP contribution in [0.25, 0.3) is 0 Å². The van der Waals surface area contributed by atoms with E-state index in [-0.39, 0.29) is 29.3 Å². The van der Waals surface area contributed by atoms with Gasteiger partial charge >= 0.3 is 0 Å². The zero-order valence-electron chi connectivity index (χ0n) is 15.8. The molecule has 0 saturated carbocycles. The number of likely N-dealkylation sites (N-methyl/N-ethyl adjacent to an activating group) is 1. The molecule has 1 aromatic rings. The number of carbonyl (C=O) groups excluding carboxylic acids is 1. The normalized spacial score (nSPS) is 23.4. The summed E-state index contributed by atoms with van der Waals surface area (Å²) in [6.45, 7) is 6.70. The van der Waals surface area contributed by atoms with Crippen molar-refractivity contribution in [1.29, 1.82) is 0 Å². The summed E-state index contributed by atoms with van der Waals surface area (Å²) in [5.41, 5.74) is 0.958. The monoisotopic (exact) mass is 397 g/mol. The second-order valence-electron chi connectivity index (χ2n) is 7.42. The second kappa shape index (κ2) is 8.67. The van der Waals surface area contributed by atoms with Crippen LogP contribution in [0.5, 0.6) is 0 Å². The number of carbonyl (C=O) groups is 1. The molecule has 1 aromatic carbocycles.